The second-order valence-corrected chi connectivity index (χ2v) is 20.5. The lowest BCUT2D eigenvalue weighted by Gasteiger charge is -2.43. The first-order valence-corrected chi connectivity index (χ1v) is 25.1. The monoisotopic (exact) mass is 1040 g/mol. The summed E-state index contributed by atoms with van der Waals surface area (Å²) in [7, 11) is -13.2. The molecule has 0 radical (unpaired) electrons. The summed E-state index contributed by atoms with van der Waals surface area (Å²) in [4.78, 5) is 95.5. The van der Waals surface area contributed by atoms with E-state index in [4.69, 9.17) is 33.8 Å². The summed E-state index contributed by atoms with van der Waals surface area (Å²) in [5.41, 5.74) is 3.62. The molecule has 0 bridgehead atoms. The predicted molar refractivity (Wildman–Crippen MR) is 227 cm³/mol. The number of aliphatic hydroxyl groups excluding tert-OH is 2. The molecule has 2 amide bonds. The first-order chi connectivity index (χ1) is 31.2. The highest BCUT2D eigenvalue weighted by atomic mass is 32.2. The highest BCUT2D eigenvalue weighted by Crippen LogP contribution is 2.61. The van der Waals surface area contributed by atoms with Gasteiger partial charge in [-0.25, -0.2) is 42.6 Å². The first-order valence-electron chi connectivity index (χ1n) is 19.6. The number of ether oxygens (including phenoxy) is 3. The predicted octanol–water partition coefficient (Wildman–Crippen LogP) is -1.94. The number of aliphatic hydroxyl groups is 2. The van der Waals surface area contributed by atoms with Gasteiger partial charge in [0.05, 0.1) is 39.3 Å². The van der Waals surface area contributed by atoms with E-state index in [1.165, 1.54) is 25.8 Å². The van der Waals surface area contributed by atoms with Crippen LogP contribution in [0, 0.1) is 16.7 Å². The van der Waals surface area contributed by atoms with Gasteiger partial charge >= 0.3 is 35.3 Å². The third kappa shape index (κ3) is 15.9. The maximum atomic E-state index is 12.8. The summed E-state index contributed by atoms with van der Waals surface area (Å²) in [6, 6.07) is 1.62. The van der Waals surface area contributed by atoms with Crippen LogP contribution in [-0.4, -0.2) is 185 Å². The van der Waals surface area contributed by atoms with Gasteiger partial charge in [0.15, 0.2) is 17.7 Å². The van der Waals surface area contributed by atoms with Gasteiger partial charge in [0.1, 0.15) is 42.3 Å². The van der Waals surface area contributed by atoms with Crippen LogP contribution in [0.4, 0.5) is 5.82 Å². The number of nitrogens with zero attached hydrogens (tertiary/aromatic N) is 8. The number of phosphoric acid groups is 3. The number of morpholine rings is 1. The number of fused-ring (bicyclic) bond motifs is 1. The van der Waals surface area contributed by atoms with Crippen molar-refractivity contribution in [3.8, 4) is 6.07 Å². The van der Waals surface area contributed by atoms with E-state index in [0.29, 0.717) is 12.3 Å². The van der Waals surface area contributed by atoms with Gasteiger partial charge < -0.3 is 65.2 Å². The molecule has 2 aliphatic rings. The van der Waals surface area contributed by atoms with E-state index in [1.807, 2.05) is 4.31 Å². The molecule has 0 spiro atoms. The molecule has 0 aliphatic carbocycles. The fraction of sp³-hybridized carbons (Fsp3) is 0.688. The molecular weight excluding hydrogens is 983 g/mol. The largest absolute Gasteiger partial charge is 0.481 e. The third-order valence-corrected chi connectivity index (χ3v) is 13.5. The number of esters is 1. The Bertz CT molecular complexity index is 2280. The minimum atomic E-state index is -5.60. The number of likely N-dealkylation sites (N-methyl/N-ethyl adjacent to an activating group) is 1. The van der Waals surface area contributed by atoms with Crippen LogP contribution in [0.1, 0.15) is 33.4 Å². The number of hydrogen-bond acceptors (Lipinski definition) is 25. The molecule has 4 heterocycles. The molecule has 2 aliphatic heterocycles. The SMILES string of the molecule is CCOC(=O)C(C#N)=NOC1(N(C)C)CN(SCCNC(=O)CCNC(=O)[C@H](O)C(C)(C)COP(=O)(O)OP(=O)(O)OC[C@H]2O[C@@H](n3cnc4c(N)ncnc43)[C@H](O)[C@@H]2OP(=O)(O)O)CCO1. The minimum absolute atomic E-state index is 0.0198. The van der Waals surface area contributed by atoms with Crippen LogP contribution in [0.2, 0.25) is 0 Å². The zero-order chi connectivity index (χ0) is 50.0. The topological polar surface area (TPSA) is 434 Å². The van der Waals surface area contributed by atoms with Crippen LogP contribution in [0.15, 0.2) is 17.8 Å². The number of carbonyl (C=O) groups excluding carboxylic acids is 3. The lowest BCUT2D eigenvalue weighted by Crippen LogP contribution is -2.59. The Morgan fingerprint density at radius 3 is 2.49 bits per heavy atom. The number of phosphoric ester groups is 3. The van der Waals surface area contributed by atoms with Crippen molar-refractivity contribution in [2.24, 2.45) is 10.6 Å². The second kappa shape index (κ2) is 23.7. The van der Waals surface area contributed by atoms with Crippen molar-refractivity contribution in [1.82, 2.24) is 39.4 Å². The average Bonchev–Trinajstić information content (AvgIpc) is 3.80. The Labute approximate surface area is 385 Å². The minimum Gasteiger partial charge on any atom is -0.461 e. The fourth-order valence-corrected chi connectivity index (χ4v) is 9.64. The normalized spacial score (nSPS) is 24.1. The molecule has 0 saturated carbocycles. The maximum absolute atomic E-state index is 12.8. The van der Waals surface area contributed by atoms with E-state index in [9.17, 15) is 63.1 Å². The van der Waals surface area contributed by atoms with E-state index in [2.05, 4.69) is 39.6 Å². The molecule has 2 aromatic rings. The summed E-state index contributed by atoms with van der Waals surface area (Å²) in [5.74, 6) is -3.51. The van der Waals surface area contributed by atoms with Crippen LogP contribution in [0.3, 0.4) is 0 Å². The van der Waals surface area contributed by atoms with Crippen LogP contribution in [0.5, 0.6) is 0 Å². The van der Waals surface area contributed by atoms with Gasteiger partial charge in [-0.2, -0.15) is 9.57 Å². The molecule has 67 heavy (non-hydrogen) atoms. The van der Waals surface area contributed by atoms with Crippen LogP contribution in [0.25, 0.3) is 11.2 Å². The van der Waals surface area contributed by atoms with Crippen molar-refractivity contribution < 1.29 is 94.8 Å². The average molecular weight is 1040 g/mol. The highest BCUT2D eigenvalue weighted by molar-refractivity contribution is 7.97. The molecule has 376 valence electrons. The molecule has 2 aromatic heterocycles. The number of carbonyl (C=O) groups is 3. The summed E-state index contributed by atoms with van der Waals surface area (Å²) in [5, 5.41) is 39.6. The molecule has 10 N–H and O–H groups in total. The van der Waals surface area contributed by atoms with E-state index >= 15 is 0 Å². The molecule has 31 nitrogen and oxygen atoms in total. The fourth-order valence-electron chi connectivity index (χ4n) is 5.90. The van der Waals surface area contributed by atoms with Crippen molar-refractivity contribution in [3.63, 3.8) is 0 Å². The summed E-state index contributed by atoms with van der Waals surface area (Å²) < 4.78 is 74.9. The maximum Gasteiger partial charge on any atom is 0.481 e. The zero-order valence-electron chi connectivity index (χ0n) is 36.4. The number of aromatic nitrogens is 4. The van der Waals surface area contributed by atoms with Crippen LogP contribution < -0.4 is 16.4 Å². The Balaban J connectivity index is 1.20. The van der Waals surface area contributed by atoms with Gasteiger partial charge in [0, 0.05) is 37.2 Å². The number of hydrogen-bond donors (Lipinski definition) is 9. The van der Waals surface area contributed by atoms with Gasteiger partial charge in [-0.1, -0.05) is 31.0 Å². The summed E-state index contributed by atoms with van der Waals surface area (Å²) >= 11 is 1.35. The van der Waals surface area contributed by atoms with Crippen molar-refractivity contribution in [1.29, 1.82) is 5.26 Å². The Morgan fingerprint density at radius 1 is 1.13 bits per heavy atom. The van der Waals surface area contributed by atoms with Crippen molar-refractivity contribution in [2.45, 2.75) is 63.7 Å². The van der Waals surface area contributed by atoms with E-state index < -0.39 is 102 Å². The van der Waals surface area contributed by atoms with Crippen molar-refractivity contribution in [2.75, 3.05) is 78.2 Å². The van der Waals surface area contributed by atoms with Crippen molar-refractivity contribution in [3.05, 3.63) is 12.7 Å². The van der Waals surface area contributed by atoms with Crippen LogP contribution in [-0.2, 0) is 65.0 Å². The molecule has 8 atom stereocenters. The van der Waals surface area contributed by atoms with Crippen LogP contribution >= 0.6 is 35.4 Å². The van der Waals surface area contributed by atoms with Gasteiger partial charge in [0.25, 0.3) is 5.71 Å². The number of amides is 2. The number of nitrogen functional groups attached to an aromatic ring is 1. The Kier molecular flexibility index (Phi) is 19.7. The zero-order valence-corrected chi connectivity index (χ0v) is 39.9. The summed E-state index contributed by atoms with van der Waals surface area (Å²) in [6.45, 7) is 2.79. The number of nitrogens with two attached hydrogens (primary N) is 1. The lowest BCUT2D eigenvalue weighted by atomic mass is 9.87. The lowest BCUT2D eigenvalue weighted by molar-refractivity contribution is -0.323. The van der Waals surface area contributed by atoms with Crippen molar-refractivity contribution >= 4 is 75.9 Å². The van der Waals surface area contributed by atoms with Gasteiger partial charge in [-0.05, 0) is 21.0 Å². The van der Waals surface area contributed by atoms with Gasteiger partial charge in [-0.15, -0.1) is 0 Å². The number of nitriles is 1. The van der Waals surface area contributed by atoms with Gasteiger partial charge in [-0.3, -0.25) is 27.7 Å². The van der Waals surface area contributed by atoms with E-state index in [0.717, 1.165) is 17.2 Å². The quantitative estimate of drug-likeness (QED) is 0.00993. The van der Waals surface area contributed by atoms with E-state index in [-0.39, 0.29) is 56.3 Å². The number of nitrogens with one attached hydrogen (secondary N) is 2. The molecule has 4 rings (SSSR count). The summed E-state index contributed by atoms with van der Waals surface area (Å²) in [6.07, 6.45) is -7.07. The molecule has 2 fully saturated rings. The van der Waals surface area contributed by atoms with Gasteiger partial charge in [0.2, 0.25) is 11.8 Å². The number of anilines is 1. The molecular formula is C32H52N11O20P3S. The smallest absolute Gasteiger partial charge is 0.461 e. The van der Waals surface area contributed by atoms with E-state index in [1.54, 1.807) is 32.0 Å². The molecule has 0 aromatic carbocycles. The molecule has 2 saturated heterocycles. The number of oxime groups is 1. The standard InChI is InChI=1S/C32H52N11O20P3S/c1-6-56-30(48)19(13-33)40-62-32(41(4)5)15-42(10-11-57-32)67-12-9-35-21(44)7-8-36-28(47)25(46)31(2,3)16-59-66(54,55)63-65(52,53)58-14-20-24(61-64(49,50)51)23(45)29(60-20)43-18-39-22-26(34)37-17-38-27(22)43/h17-18,20,23-25,29,45-46H,6-12,14-16H2,1-5H3,(H,35,44)(H,36,47)(H,52,53)(H,54,55)(H2,34,37,38)(H2,49,50,51)/t20-,23-,24-,25+,29-,32?/m1/s1. The third-order valence-electron chi connectivity index (χ3n) is 9.36. The Morgan fingerprint density at radius 2 is 1.84 bits per heavy atom. The number of rotatable bonds is 25. The number of imidazole rings is 1. The molecule has 35 heteroatoms. The second-order valence-electron chi connectivity index (χ2n) is 15.1. The first kappa shape index (κ1) is 55.8. The highest BCUT2D eigenvalue weighted by Gasteiger charge is 2.50. The Hall–Kier alpha value is -3.80. The molecule has 3 unspecified atom stereocenters.